The molecule has 1 N–H and O–H groups in total. The molecule has 0 bridgehead atoms. The summed E-state index contributed by atoms with van der Waals surface area (Å²) in [6.07, 6.45) is -2.32. The molecule has 0 saturated carbocycles. The number of hydrogen-bond acceptors (Lipinski definition) is 4. The number of amides is 1. The molecule has 1 aromatic heterocycles. The van der Waals surface area contributed by atoms with Gasteiger partial charge in [0, 0.05) is 25.2 Å². The Morgan fingerprint density at radius 1 is 1.14 bits per heavy atom. The Morgan fingerprint density at radius 3 is 2.31 bits per heavy atom. The van der Waals surface area contributed by atoms with E-state index in [4.69, 9.17) is 0 Å². The molecule has 1 fully saturated rings. The van der Waals surface area contributed by atoms with Crippen LogP contribution in [0.4, 0.5) is 19.0 Å². The number of carbonyl (C=O) groups excluding carboxylic acids is 1. The second kappa shape index (κ2) is 8.11. The van der Waals surface area contributed by atoms with Crippen molar-refractivity contribution in [3.63, 3.8) is 0 Å². The largest absolute Gasteiger partial charge is 0.416 e. The first-order valence-electron chi connectivity index (χ1n) is 8.99. The lowest BCUT2D eigenvalue weighted by molar-refractivity contribution is -0.137. The van der Waals surface area contributed by atoms with Crippen molar-refractivity contribution >= 4 is 21.7 Å². The van der Waals surface area contributed by atoms with Crippen LogP contribution in [0.1, 0.15) is 24.0 Å². The van der Waals surface area contributed by atoms with Crippen molar-refractivity contribution in [1.82, 2.24) is 9.29 Å². The molecule has 0 spiro atoms. The van der Waals surface area contributed by atoms with Crippen LogP contribution in [0, 0.1) is 12.8 Å². The summed E-state index contributed by atoms with van der Waals surface area (Å²) in [5.74, 6) is -0.119. The summed E-state index contributed by atoms with van der Waals surface area (Å²) < 4.78 is 64.6. The molecule has 1 aliphatic rings. The molecule has 1 aromatic carbocycles. The highest BCUT2D eigenvalue weighted by atomic mass is 32.2. The summed E-state index contributed by atoms with van der Waals surface area (Å²) in [4.78, 5) is 16.4. The van der Waals surface area contributed by atoms with Crippen LogP contribution in [0.2, 0.25) is 0 Å². The van der Waals surface area contributed by atoms with E-state index in [9.17, 15) is 26.4 Å². The summed E-state index contributed by atoms with van der Waals surface area (Å²) in [7, 11) is -3.92. The van der Waals surface area contributed by atoms with Gasteiger partial charge in [-0.05, 0) is 55.7 Å². The SMILES string of the molecule is Cc1cccnc1NC(=O)C1CCN(S(=O)(=O)c2ccc(C(F)(F)F)cc2)CC1. The molecule has 0 unspecified atom stereocenters. The Labute approximate surface area is 166 Å². The van der Waals surface area contributed by atoms with E-state index < -0.39 is 21.8 Å². The lowest BCUT2D eigenvalue weighted by Gasteiger charge is -2.30. The van der Waals surface area contributed by atoms with E-state index in [0.717, 1.165) is 29.8 Å². The first-order chi connectivity index (χ1) is 13.6. The summed E-state index contributed by atoms with van der Waals surface area (Å²) in [6.45, 7) is 2.05. The number of alkyl halides is 3. The number of pyridine rings is 1. The molecule has 10 heteroatoms. The van der Waals surface area contributed by atoms with Crippen LogP contribution in [-0.2, 0) is 21.0 Å². The van der Waals surface area contributed by atoms with Gasteiger partial charge < -0.3 is 5.32 Å². The molecule has 2 heterocycles. The third-order valence-corrected chi connectivity index (χ3v) is 6.81. The molecular formula is C19H20F3N3O3S. The molecule has 1 amide bonds. The normalized spacial score (nSPS) is 16.6. The van der Waals surface area contributed by atoms with E-state index in [1.54, 1.807) is 12.3 Å². The van der Waals surface area contributed by atoms with Gasteiger partial charge in [-0.2, -0.15) is 17.5 Å². The van der Waals surface area contributed by atoms with Crippen LogP contribution >= 0.6 is 0 Å². The van der Waals surface area contributed by atoms with E-state index in [2.05, 4.69) is 10.3 Å². The second-order valence-corrected chi connectivity index (χ2v) is 8.80. The minimum absolute atomic E-state index is 0.114. The topological polar surface area (TPSA) is 79.4 Å². The first kappa shape index (κ1) is 21.3. The summed E-state index contributed by atoms with van der Waals surface area (Å²) in [5.41, 5.74) is -0.0835. The minimum atomic E-state index is -4.53. The van der Waals surface area contributed by atoms with Gasteiger partial charge in [-0.3, -0.25) is 4.79 Å². The fourth-order valence-corrected chi connectivity index (χ4v) is 4.63. The van der Waals surface area contributed by atoms with Crippen LogP contribution in [0.15, 0.2) is 47.5 Å². The number of piperidine rings is 1. The monoisotopic (exact) mass is 427 g/mol. The Morgan fingerprint density at radius 2 is 1.76 bits per heavy atom. The van der Waals surface area contributed by atoms with Crippen molar-refractivity contribution < 1.29 is 26.4 Å². The molecule has 3 rings (SSSR count). The molecule has 156 valence electrons. The molecule has 1 aliphatic heterocycles. The van der Waals surface area contributed by atoms with Crippen molar-refractivity contribution in [2.24, 2.45) is 5.92 Å². The van der Waals surface area contributed by atoms with Crippen LogP contribution in [0.25, 0.3) is 0 Å². The van der Waals surface area contributed by atoms with Crippen LogP contribution < -0.4 is 5.32 Å². The highest BCUT2D eigenvalue weighted by Crippen LogP contribution is 2.31. The predicted octanol–water partition coefficient (Wildman–Crippen LogP) is 3.45. The summed E-state index contributed by atoms with van der Waals surface area (Å²) in [5, 5.41) is 2.76. The zero-order chi connectivity index (χ0) is 21.2. The number of halogens is 3. The average Bonchev–Trinajstić information content (AvgIpc) is 2.69. The molecular weight excluding hydrogens is 407 g/mol. The average molecular weight is 427 g/mol. The minimum Gasteiger partial charge on any atom is -0.310 e. The predicted molar refractivity (Wildman–Crippen MR) is 101 cm³/mol. The van der Waals surface area contributed by atoms with Crippen LogP contribution in [0.3, 0.4) is 0 Å². The standard InChI is InChI=1S/C19H20F3N3O3S/c1-13-3-2-10-23-17(13)24-18(26)14-8-11-25(12-9-14)29(27,28)16-6-4-15(5-7-16)19(20,21)22/h2-7,10,14H,8-9,11-12H2,1H3,(H,23,24,26). The van der Waals surface area contributed by atoms with Crippen molar-refractivity contribution in [2.75, 3.05) is 18.4 Å². The van der Waals surface area contributed by atoms with Gasteiger partial charge in [-0.1, -0.05) is 6.07 Å². The van der Waals surface area contributed by atoms with E-state index in [1.165, 1.54) is 4.31 Å². The highest BCUT2D eigenvalue weighted by Gasteiger charge is 2.34. The smallest absolute Gasteiger partial charge is 0.310 e. The lowest BCUT2D eigenvalue weighted by atomic mass is 9.97. The number of benzene rings is 1. The van der Waals surface area contributed by atoms with E-state index in [1.807, 2.05) is 13.0 Å². The number of sulfonamides is 1. The first-order valence-corrected chi connectivity index (χ1v) is 10.4. The number of nitrogens with one attached hydrogen (secondary N) is 1. The Balaban J connectivity index is 1.63. The number of aromatic nitrogens is 1. The molecule has 0 radical (unpaired) electrons. The van der Waals surface area contributed by atoms with Crippen molar-refractivity contribution in [3.8, 4) is 0 Å². The molecule has 29 heavy (non-hydrogen) atoms. The molecule has 2 aromatic rings. The van der Waals surface area contributed by atoms with E-state index in [-0.39, 0.29) is 29.8 Å². The quantitative estimate of drug-likeness (QED) is 0.811. The summed E-state index contributed by atoms with van der Waals surface area (Å²) in [6, 6.07) is 7.00. The zero-order valence-electron chi connectivity index (χ0n) is 15.6. The lowest BCUT2D eigenvalue weighted by Crippen LogP contribution is -2.41. The van der Waals surface area contributed by atoms with Crippen LogP contribution in [-0.4, -0.2) is 36.7 Å². The van der Waals surface area contributed by atoms with Crippen molar-refractivity contribution in [2.45, 2.75) is 30.8 Å². The third kappa shape index (κ3) is 4.76. The maximum atomic E-state index is 12.7. The number of anilines is 1. The number of hydrogen-bond donors (Lipinski definition) is 1. The van der Waals surface area contributed by atoms with Crippen molar-refractivity contribution in [1.29, 1.82) is 0 Å². The number of nitrogens with zero attached hydrogens (tertiary/aromatic N) is 2. The molecule has 0 aliphatic carbocycles. The highest BCUT2D eigenvalue weighted by molar-refractivity contribution is 7.89. The van der Waals surface area contributed by atoms with Gasteiger partial charge in [-0.15, -0.1) is 0 Å². The molecule has 6 nitrogen and oxygen atoms in total. The molecule has 0 atom stereocenters. The molecule has 1 saturated heterocycles. The van der Waals surface area contributed by atoms with Crippen molar-refractivity contribution in [3.05, 3.63) is 53.7 Å². The second-order valence-electron chi connectivity index (χ2n) is 6.86. The summed E-state index contributed by atoms with van der Waals surface area (Å²) >= 11 is 0. The van der Waals surface area contributed by atoms with Gasteiger partial charge in [0.15, 0.2) is 0 Å². The van der Waals surface area contributed by atoms with Gasteiger partial charge >= 0.3 is 6.18 Å². The Hall–Kier alpha value is -2.46. The maximum Gasteiger partial charge on any atom is 0.416 e. The van der Waals surface area contributed by atoms with Crippen LogP contribution in [0.5, 0.6) is 0 Å². The number of aryl methyl sites for hydroxylation is 1. The third-order valence-electron chi connectivity index (χ3n) is 4.90. The Kier molecular flexibility index (Phi) is 5.95. The van der Waals surface area contributed by atoms with Gasteiger partial charge in [0.05, 0.1) is 10.5 Å². The fourth-order valence-electron chi connectivity index (χ4n) is 3.16. The number of rotatable bonds is 4. The number of carbonyl (C=O) groups is 1. The van der Waals surface area contributed by atoms with Gasteiger partial charge in [0.25, 0.3) is 0 Å². The Bertz CT molecular complexity index is 984. The maximum absolute atomic E-state index is 12.7. The van der Waals surface area contributed by atoms with E-state index >= 15 is 0 Å². The van der Waals surface area contributed by atoms with Gasteiger partial charge in [0.1, 0.15) is 5.82 Å². The van der Waals surface area contributed by atoms with Gasteiger partial charge in [0.2, 0.25) is 15.9 Å². The fraction of sp³-hybridized carbons (Fsp3) is 0.368. The zero-order valence-corrected chi connectivity index (χ0v) is 16.4. The van der Waals surface area contributed by atoms with E-state index in [0.29, 0.717) is 18.7 Å². The van der Waals surface area contributed by atoms with Gasteiger partial charge in [-0.25, -0.2) is 13.4 Å².